The molecule has 1 aromatic carbocycles. The molecule has 1 N–H and O–H groups in total. The second kappa shape index (κ2) is 4.58. The van der Waals surface area contributed by atoms with Gasteiger partial charge in [-0.1, -0.05) is 0 Å². The van der Waals surface area contributed by atoms with Gasteiger partial charge in [-0.2, -0.15) is 5.26 Å². The molecule has 1 aromatic heterocycles. The summed E-state index contributed by atoms with van der Waals surface area (Å²) in [5, 5.41) is 11.5. The van der Waals surface area contributed by atoms with Crippen LogP contribution in [0.4, 0.5) is 16.0 Å². The Labute approximate surface area is 97.8 Å². The van der Waals surface area contributed by atoms with Crippen LogP contribution < -0.4 is 5.32 Å². The summed E-state index contributed by atoms with van der Waals surface area (Å²) in [6.07, 6.45) is 1.47. The van der Waals surface area contributed by atoms with Gasteiger partial charge in [-0.25, -0.2) is 14.4 Å². The van der Waals surface area contributed by atoms with Gasteiger partial charge in [0.25, 0.3) is 0 Å². The van der Waals surface area contributed by atoms with E-state index in [9.17, 15) is 4.39 Å². The van der Waals surface area contributed by atoms with Crippen LogP contribution in [0.5, 0.6) is 0 Å². The van der Waals surface area contributed by atoms with Gasteiger partial charge in [-0.15, -0.1) is 0 Å². The standard InChI is InChI=1S/C12H9FN4/c1-8-4-9(13)6-11(5-8)17-12-15-3-2-10(7-14)16-12/h2-6H,1H3,(H,15,16,17). The second-order valence-electron chi connectivity index (χ2n) is 3.52. The van der Waals surface area contributed by atoms with E-state index in [2.05, 4.69) is 15.3 Å². The van der Waals surface area contributed by atoms with Crippen LogP contribution in [0.1, 0.15) is 11.3 Å². The minimum Gasteiger partial charge on any atom is -0.324 e. The molecular weight excluding hydrogens is 219 g/mol. The van der Waals surface area contributed by atoms with Crippen molar-refractivity contribution in [2.75, 3.05) is 5.32 Å². The van der Waals surface area contributed by atoms with Crippen molar-refractivity contribution >= 4 is 11.6 Å². The Morgan fingerprint density at radius 3 is 2.88 bits per heavy atom. The van der Waals surface area contributed by atoms with E-state index in [-0.39, 0.29) is 17.5 Å². The molecule has 0 fully saturated rings. The first-order chi connectivity index (χ1) is 8.17. The van der Waals surface area contributed by atoms with Crippen molar-refractivity contribution < 1.29 is 4.39 Å². The lowest BCUT2D eigenvalue weighted by Crippen LogP contribution is -1.98. The number of hydrogen-bond acceptors (Lipinski definition) is 4. The minimum atomic E-state index is -0.330. The van der Waals surface area contributed by atoms with Gasteiger partial charge in [0.1, 0.15) is 17.6 Å². The maximum absolute atomic E-state index is 13.1. The van der Waals surface area contributed by atoms with Gasteiger partial charge in [-0.05, 0) is 36.8 Å². The first-order valence-corrected chi connectivity index (χ1v) is 4.95. The summed E-state index contributed by atoms with van der Waals surface area (Å²) in [7, 11) is 0. The first kappa shape index (κ1) is 11.0. The predicted octanol–water partition coefficient (Wildman–Crippen LogP) is 2.54. The maximum Gasteiger partial charge on any atom is 0.228 e. The molecule has 0 saturated carbocycles. The van der Waals surface area contributed by atoms with Crippen molar-refractivity contribution in [3.05, 3.63) is 47.5 Å². The van der Waals surface area contributed by atoms with Crippen molar-refractivity contribution in [1.29, 1.82) is 5.26 Å². The molecule has 0 unspecified atom stereocenters. The zero-order valence-corrected chi connectivity index (χ0v) is 9.11. The van der Waals surface area contributed by atoms with Crippen molar-refractivity contribution in [2.24, 2.45) is 0 Å². The monoisotopic (exact) mass is 228 g/mol. The Bertz CT molecular complexity index is 569. The zero-order valence-electron chi connectivity index (χ0n) is 9.11. The average Bonchev–Trinajstić information content (AvgIpc) is 2.28. The molecule has 5 heteroatoms. The Morgan fingerprint density at radius 2 is 2.18 bits per heavy atom. The fourth-order valence-corrected chi connectivity index (χ4v) is 1.42. The highest BCUT2D eigenvalue weighted by atomic mass is 19.1. The Balaban J connectivity index is 2.28. The van der Waals surface area contributed by atoms with Crippen LogP contribution in [0.3, 0.4) is 0 Å². The smallest absolute Gasteiger partial charge is 0.228 e. The highest BCUT2D eigenvalue weighted by Crippen LogP contribution is 2.16. The topological polar surface area (TPSA) is 61.6 Å². The molecule has 0 bridgehead atoms. The summed E-state index contributed by atoms with van der Waals surface area (Å²) in [5.74, 6) is -0.0574. The molecule has 2 aromatic rings. The third-order valence-corrected chi connectivity index (χ3v) is 2.07. The number of nitrogens with zero attached hydrogens (tertiary/aromatic N) is 3. The van der Waals surface area contributed by atoms with E-state index in [1.807, 2.05) is 6.07 Å². The lowest BCUT2D eigenvalue weighted by Gasteiger charge is -2.05. The van der Waals surface area contributed by atoms with E-state index in [1.165, 1.54) is 24.4 Å². The van der Waals surface area contributed by atoms with E-state index >= 15 is 0 Å². The van der Waals surface area contributed by atoms with Crippen LogP contribution in [0.15, 0.2) is 30.5 Å². The quantitative estimate of drug-likeness (QED) is 0.857. The highest BCUT2D eigenvalue weighted by molar-refractivity contribution is 5.54. The van der Waals surface area contributed by atoms with Gasteiger partial charge in [0.2, 0.25) is 5.95 Å². The highest BCUT2D eigenvalue weighted by Gasteiger charge is 2.01. The van der Waals surface area contributed by atoms with E-state index in [1.54, 1.807) is 13.0 Å². The summed E-state index contributed by atoms with van der Waals surface area (Å²) < 4.78 is 13.1. The number of nitrogens with one attached hydrogen (secondary N) is 1. The molecule has 1 heterocycles. The molecule has 0 saturated heterocycles. The largest absolute Gasteiger partial charge is 0.324 e. The van der Waals surface area contributed by atoms with Crippen molar-refractivity contribution in [2.45, 2.75) is 6.92 Å². The number of aromatic nitrogens is 2. The number of rotatable bonds is 2. The summed E-state index contributed by atoms with van der Waals surface area (Å²) in [4.78, 5) is 7.89. The van der Waals surface area contributed by atoms with Crippen molar-refractivity contribution in [3.63, 3.8) is 0 Å². The summed E-state index contributed by atoms with van der Waals surface area (Å²) in [6.45, 7) is 1.79. The second-order valence-corrected chi connectivity index (χ2v) is 3.52. The Kier molecular flexibility index (Phi) is 2.97. The molecule has 17 heavy (non-hydrogen) atoms. The summed E-state index contributed by atoms with van der Waals surface area (Å²) in [6, 6.07) is 7.95. The van der Waals surface area contributed by atoms with Gasteiger partial charge in [0.05, 0.1) is 0 Å². The Morgan fingerprint density at radius 1 is 1.35 bits per heavy atom. The number of anilines is 2. The van der Waals surface area contributed by atoms with Crippen LogP contribution in [0, 0.1) is 24.1 Å². The number of aryl methyl sites for hydroxylation is 1. The zero-order chi connectivity index (χ0) is 12.3. The van der Waals surface area contributed by atoms with Crippen LogP contribution >= 0.6 is 0 Å². The van der Waals surface area contributed by atoms with Crippen LogP contribution in [-0.4, -0.2) is 9.97 Å². The molecule has 0 atom stereocenters. The Hall–Kier alpha value is -2.48. The molecule has 0 aliphatic rings. The fraction of sp³-hybridized carbons (Fsp3) is 0.0833. The molecule has 4 nitrogen and oxygen atoms in total. The van der Waals surface area contributed by atoms with Gasteiger partial charge < -0.3 is 5.32 Å². The summed E-state index contributed by atoms with van der Waals surface area (Å²) >= 11 is 0. The van der Waals surface area contributed by atoms with Crippen LogP contribution in [0.25, 0.3) is 0 Å². The van der Waals surface area contributed by atoms with Crippen LogP contribution in [0.2, 0.25) is 0 Å². The first-order valence-electron chi connectivity index (χ1n) is 4.95. The molecule has 0 amide bonds. The number of halogens is 1. The molecule has 84 valence electrons. The molecule has 0 spiro atoms. The van der Waals surface area contributed by atoms with E-state index in [0.717, 1.165) is 5.56 Å². The lowest BCUT2D eigenvalue weighted by molar-refractivity contribution is 0.627. The normalized spacial score (nSPS) is 9.71. The molecular formula is C12H9FN4. The maximum atomic E-state index is 13.1. The van der Waals surface area contributed by atoms with Gasteiger partial charge in [-0.3, -0.25) is 0 Å². The minimum absolute atomic E-state index is 0.260. The molecule has 0 radical (unpaired) electrons. The van der Waals surface area contributed by atoms with Crippen LogP contribution in [-0.2, 0) is 0 Å². The van der Waals surface area contributed by atoms with E-state index < -0.39 is 0 Å². The van der Waals surface area contributed by atoms with E-state index in [0.29, 0.717) is 5.69 Å². The van der Waals surface area contributed by atoms with E-state index in [4.69, 9.17) is 5.26 Å². The predicted molar refractivity (Wildman–Crippen MR) is 61.2 cm³/mol. The molecule has 0 aliphatic carbocycles. The van der Waals surface area contributed by atoms with Crippen molar-refractivity contribution in [1.82, 2.24) is 9.97 Å². The van der Waals surface area contributed by atoms with Crippen molar-refractivity contribution in [3.8, 4) is 6.07 Å². The number of hydrogen-bond donors (Lipinski definition) is 1. The fourth-order valence-electron chi connectivity index (χ4n) is 1.42. The lowest BCUT2D eigenvalue weighted by atomic mass is 10.2. The SMILES string of the molecule is Cc1cc(F)cc(Nc2nccc(C#N)n2)c1. The number of nitriles is 1. The number of benzene rings is 1. The third kappa shape index (κ3) is 2.75. The summed E-state index contributed by atoms with van der Waals surface area (Å²) in [5.41, 5.74) is 1.61. The average molecular weight is 228 g/mol. The van der Waals surface area contributed by atoms with Gasteiger partial charge >= 0.3 is 0 Å². The molecule has 2 rings (SSSR count). The molecule has 0 aliphatic heterocycles. The van der Waals surface area contributed by atoms with Gasteiger partial charge in [0, 0.05) is 11.9 Å². The third-order valence-electron chi connectivity index (χ3n) is 2.07. The van der Waals surface area contributed by atoms with Gasteiger partial charge in [0.15, 0.2) is 0 Å².